The zero-order valence-electron chi connectivity index (χ0n) is 29.1. The van der Waals surface area contributed by atoms with Crippen LogP contribution in [0, 0.1) is 23.0 Å². The van der Waals surface area contributed by atoms with E-state index in [1.165, 1.54) is 24.5 Å². The summed E-state index contributed by atoms with van der Waals surface area (Å²) in [4.78, 5) is 65.2. The van der Waals surface area contributed by atoms with Crippen LogP contribution >= 0.6 is 0 Å². The van der Waals surface area contributed by atoms with Crippen LogP contribution in [-0.2, 0) is 19.2 Å². The molecule has 0 spiro atoms. The van der Waals surface area contributed by atoms with Gasteiger partial charge in [0.15, 0.2) is 12.4 Å². The maximum atomic E-state index is 13.5. The molecular formula is C33H57N7O6. The van der Waals surface area contributed by atoms with Gasteiger partial charge in [0, 0.05) is 31.3 Å². The molecule has 0 fully saturated rings. The Bertz CT molecular complexity index is 1130. The first-order valence-corrected chi connectivity index (χ1v) is 16.6. The molecule has 46 heavy (non-hydrogen) atoms. The third-order valence-electron chi connectivity index (χ3n) is 7.82. The minimum atomic E-state index is -0.897. The van der Waals surface area contributed by atoms with Gasteiger partial charge in [-0.25, -0.2) is 0 Å². The van der Waals surface area contributed by atoms with Crippen LogP contribution in [0.15, 0.2) is 24.5 Å². The number of amides is 5. The number of nitrogens with one attached hydrogen (secondary N) is 6. The molecule has 13 heteroatoms. The highest BCUT2D eigenvalue weighted by Crippen LogP contribution is 2.12. The normalized spacial score (nSPS) is 15.2. The van der Waals surface area contributed by atoms with E-state index in [0.717, 1.165) is 0 Å². The average Bonchev–Trinajstić information content (AvgIpc) is 3.00. The first kappa shape index (κ1) is 40.3. The van der Waals surface area contributed by atoms with E-state index in [1.54, 1.807) is 6.92 Å². The van der Waals surface area contributed by atoms with Gasteiger partial charge in [0.25, 0.3) is 5.91 Å². The van der Waals surface area contributed by atoms with Crippen LogP contribution in [0.2, 0.25) is 0 Å². The molecule has 0 saturated heterocycles. The van der Waals surface area contributed by atoms with Gasteiger partial charge in [0.1, 0.15) is 18.1 Å². The van der Waals surface area contributed by atoms with Gasteiger partial charge in [-0.1, -0.05) is 61.3 Å². The molecule has 0 aliphatic carbocycles. The second-order valence-electron chi connectivity index (χ2n) is 12.7. The zero-order valence-corrected chi connectivity index (χ0v) is 29.1. The molecule has 5 amide bonds. The van der Waals surface area contributed by atoms with Crippen molar-refractivity contribution in [2.75, 3.05) is 13.1 Å². The summed E-state index contributed by atoms with van der Waals surface area (Å²) in [5.41, 5.74) is 0.243. The van der Waals surface area contributed by atoms with Gasteiger partial charge >= 0.3 is 0 Å². The first-order chi connectivity index (χ1) is 21.6. The number of aromatic nitrogens is 1. The summed E-state index contributed by atoms with van der Waals surface area (Å²) in [6.07, 6.45) is 4.66. The van der Waals surface area contributed by atoms with Crippen molar-refractivity contribution >= 4 is 29.5 Å². The van der Waals surface area contributed by atoms with E-state index in [2.05, 4.69) is 31.9 Å². The SMILES string of the molecule is CCC[C@@H](NC(=O)[C@@H](NC(=O)c1cc[n+]([O-])cc1)[C@@H](C)CC)C(=O)N[C@H](CN[C@@H](C)C(=O)N[C@H](C(=O)NCC)C(C)C)CC(C)C. The molecule has 0 unspecified atom stereocenters. The highest BCUT2D eigenvalue weighted by molar-refractivity contribution is 5.98. The van der Waals surface area contributed by atoms with Crippen LogP contribution < -0.4 is 36.6 Å². The van der Waals surface area contributed by atoms with E-state index in [0.29, 0.717) is 43.5 Å². The Hall–Kier alpha value is -3.74. The fraction of sp³-hybridized carbons (Fsp3) is 0.697. The van der Waals surface area contributed by atoms with Crippen molar-refractivity contribution in [2.45, 2.75) is 118 Å². The van der Waals surface area contributed by atoms with Crippen LogP contribution in [0.5, 0.6) is 0 Å². The molecule has 0 saturated carbocycles. The number of hydrogen-bond donors (Lipinski definition) is 6. The molecule has 13 nitrogen and oxygen atoms in total. The Morgan fingerprint density at radius 2 is 1.41 bits per heavy atom. The Labute approximate surface area is 274 Å². The Morgan fingerprint density at radius 3 is 1.93 bits per heavy atom. The third-order valence-corrected chi connectivity index (χ3v) is 7.82. The lowest BCUT2D eigenvalue weighted by molar-refractivity contribution is -0.605. The molecule has 1 heterocycles. The summed E-state index contributed by atoms with van der Waals surface area (Å²) in [5, 5.41) is 28.8. The lowest BCUT2D eigenvalue weighted by Gasteiger charge is -2.29. The fourth-order valence-corrected chi connectivity index (χ4v) is 4.88. The van der Waals surface area contributed by atoms with Crippen molar-refractivity contribution in [2.24, 2.45) is 17.8 Å². The van der Waals surface area contributed by atoms with E-state index >= 15 is 0 Å². The maximum absolute atomic E-state index is 13.5. The van der Waals surface area contributed by atoms with Crippen LogP contribution in [0.3, 0.4) is 0 Å². The highest BCUT2D eigenvalue weighted by Gasteiger charge is 2.31. The minimum Gasteiger partial charge on any atom is -0.619 e. The van der Waals surface area contributed by atoms with E-state index in [1.807, 2.05) is 55.4 Å². The number of nitrogens with zero attached hydrogens (tertiary/aromatic N) is 1. The van der Waals surface area contributed by atoms with E-state index < -0.39 is 36.0 Å². The van der Waals surface area contributed by atoms with Crippen molar-refractivity contribution in [3.05, 3.63) is 35.3 Å². The predicted octanol–water partition coefficient (Wildman–Crippen LogP) is 1.54. The number of carbonyl (C=O) groups is 5. The number of pyridine rings is 1. The lowest BCUT2D eigenvalue weighted by atomic mass is 9.97. The van der Waals surface area contributed by atoms with Gasteiger partial charge < -0.3 is 37.1 Å². The van der Waals surface area contributed by atoms with Gasteiger partial charge in [-0.05, 0) is 44.4 Å². The van der Waals surface area contributed by atoms with Gasteiger partial charge in [-0.15, -0.1) is 0 Å². The van der Waals surface area contributed by atoms with Gasteiger partial charge in [0.2, 0.25) is 23.6 Å². The smallest absolute Gasteiger partial charge is 0.252 e. The third kappa shape index (κ3) is 13.7. The minimum absolute atomic E-state index is 0.0981. The van der Waals surface area contributed by atoms with Crippen LogP contribution in [0.1, 0.15) is 98.4 Å². The predicted molar refractivity (Wildman–Crippen MR) is 177 cm³/mol. The van der Waals surface area contributed by atoms with Crippen molar-refractivity contribution in [3.63, 3.8) is 0 Å². The molecular weight excluding hydrogens is 590 g/mol. The molecule has 0 aromatic carbocycles. The molecule has 1 aromatic rings. The maximum Gasteiger partial charge on any atom is 0.252 e. The van der Waals surface area contributed by atoms with Crippen LogP contribution in [0.25, 0.3) is 0 Å². The molecule has 6 N–H and O–H groups in total. The van der Waals surface area contributed by atoms with Gasteiger partial charge in [-0.2, -0.15) is 4.73 Å². The first-order valence-electron chi connectivity index (χ1n) is 16.6. The molecule has 1 aromatic heterocycles. The number of hydrogen-bond acceptors (Lipinski definition) is 7. The van der Waals surface area contributed by atoms with E-state index in [9.17, 15) is 29.2 Å². The lowest BCUT2D eigenvalue weighted by Crippen LogP contribution is -2.58. The zero-order chi connectivity index (χ0) is 35.0. The Balaban J connectivity index is 2.97. The van der Waals surface area contributed by atoms with Crippen molar-refractivity contribution < 1.29 is 28.7 Å². The summed E-state index contributed by atoms with van der Waals surface area (Å²) >= 11 is 0. The summed E-state index contributed by atoms with van der Waals surface area (Å²) in [6.45, 7) is 17.7. The summed E-state index contributed by atoms with van der Waals surface area (Å²) in [7, 11) is 0. The van der Waals surface area contributed by atoms with Crippen LogP contribution in [0.4, 0.5) is 0 Å². The summed E-state index contributed by atoms with van der Waals surface area (Å²) in [5.74, 6) is -1.97. The van der Waals surface area contributed by atoms with E-state index in [-0.39, 0.29) is 47.1 Å². The molecule has 0 aliphatic heterocycles. The monoisotopic (exact) mass is 647 g/mol. The highest BCUT2D eigenvalue weighted by atomic mass is 16.5. The number of carbonyl (C=O) groups excluding carboxylic acids is 5. The number of rotatable bonds is 20. The molecule has 6 atom stereocenters. The average molecular weight is 648 g/mol. The van der Waals surface area contributed by atoms with Crippen molar-refractivity contribution in [3.8, 4) is 0 Å². The largest absolute Gasteiger partial charge is 0.619 e. The molecule has 0 aliphatic rings. The van der Waals surface area contributed by atoms with Crippen molar-refractivity contribution in [1.82, 2.24) is 31.9 Å². The Morgan fingerprint density at radius 1 is 0.783 bits per heavy atom. The topological polar surface area (TPSA) is 184 Å². The summed E-state index contributed by atoms with van der Waals surface area (Å²) < 4.78 is 0.567. The fourth-order valence-electron chi connectivity index (χ4n) is 4.88. The second-order valence-corrected chi connectivity index (χ2v) is 12.7. The standard InChI is InChI=1S/C33H57N7O6/c1-10-13-26(37-33(45)28(22(8)11-2)39-30(42)24-14-16-40(46)17-15-24)31(43)36-25(18-20(4)5)19-35-23(9)29(41)38-27(21(6)7)32(44)34-12-3/h14-17,20-23,25-28,35H,10-13,18-19H2,1-9H3,(H,34,44)(H,36,43)(H,37,45)(H,38,41)(H,39,42)/t22-,23-,25-,26+,27-,28-/m0/s1. The molecule has 0 bridgehead atoms. The number of likely N-dealkylation sites (N-methyl/N-ethyl adjacent to an activating group) is 1. The molecule has 1 rings (SSSR count). The van der Waals surface area contributed by atoms with Gasteiger partial charge in [-0.3, -0.25) is 24.0 Å². The van der Waals surface area contributed by atoms with Crippen LogP contribution in [-0.4, -0.2) is 72.8 Å². The van der Waals surface area contributed by atoms with Crippen molar-refractivity contribution in [1.29, 1.82) is 0 Å². The molecule has 0 radical (unpaired) electrons. The second kappa shape index (κ2) is 20.4. The Kier molecular flexibility index (Phi) is 17.9. The quantitative estimate of drug-likeness (QED) is 0.0916. The summed E-state index contributed by atoms with van der Waals surface area (Å²) in [6, 6.07) is -0.613. The molecule has 260 valence electrons. The van der Waals surface area contributed by atoms with Gasteiger partial charge in [0.05, 0.1) is 11.6 Å². The van der Waals surface area contributed by atoms with E-state index in [4.69, 9.17) is 0 Å².